The van der Waals surface area contributed by atoms with Crippen LogP contribution in [0.25, 0.3) is 0 Å². The number of aromatic hydroxyl groups is 1. The van der Waals surface area contributed by atoms with E-state index in [-0.39, 0.29) is 17.3 Å². The first kappa shape index (κ1) is 14.4. The second kappa shape index (κ2) is 5.96. The number of carboxylic acid groups (broad SMARTS) is 1. The smallest absolute Gasteiger partial charge is 0.335 e. The molecule has 21 heavy (non-hydrogen) atoms. The first-order chi connectivity index (χ1) is 9.97. The number of phenolic OH excluding ortho intramolecular Hbond substituents is 1. The molecule has 6 heteroatoms. The molecule has 0 radical (unpaired) electrons. The maximum absolute atomic E-state index is 12.1. The van der Waals surface area contributed by atoms with E-state index in [2.05, 4.69) is 5.32 Å². The maximum atomic E-state index is 12.1. The lowest BCUT2D eigenvalue weighted by molar-refractivity contribution is 0.0697. The fraction of sp³-hybridized carbons (Fsp3) is 0.0667. The summed E-state index contributed by atoms with van der Waals surface area (Å²) in [6, 6.07) is 11.7. The van der Waals surface area contributed by atoms with Gasteiger partial charge in [0.25, 0.3) is 0 Å². The van der Waals surface area contributed by atoms with E-state index in [1.165, 1.54) is 41.3 Å². The number of anilines is 2. The van der Waals surface area contributed by atoms with E-state index in [1.807, 2.05) is 0 Å². The predicted molar refractivity (Wildman–Crippen MR) is 78.9 cm³/mol. The quantitative estimate of drug-likeness (QED) is 0.809. The summed E-state index contributed by atoms with van der Waals surface area (Å²) in [6.07, 6.45) is 0. The summed E-state index contributed by atoms with van der Waals surface area (Å²) in [4.78, 5) is 24.2. The van der Waals surface area contributed by atoms with Gasteiger partial charge in [0.1, 0.15) is 5.75 Å². The molecule has 0 aliphatic heterocycles. The Hall–Kier alpha value is -3.02. The highest BCUT2D eigenvalue weighted by Crippen LogP contribution is 2.18. The Kier molecular flexibility index (Phi) is 4.08. The largest absolute Gasteiger partial charge is 0.508 e. The molecule has 0 aromatic heterocycles. The van der Waals surface area contributed by atoms with E-state index in [1.54, 1.807) is 19.2 Å². The van der Waals surface area contributed by atoms with Crippen molar-refractivity contribution in [2.24, 2.45) is 0 Å². The summed E-state index contributed by atoms with van der Waals surface area (Å²) in [7, 11) is 1.59. The average molecular weight is 286 g/mol. The van der Waals surface area contributed by atoms with Crippen LogP contribution in [0.4, 0.5) is 16.2 Å². The standard InChI is InChI=1S/C15H14N2O4/c1-17(12-6-8-13(18)9-7-12)15(21)16-11-4-2-10(3-5-11)14(19)20/h2-9,18H,1H3,(H,16,21)(H,19,20). The fourth-order valence-corrected chi connectivity index (χ4v) is 1.70. The average Bonchev–Trinajstić information content (AvgIpc) is 2.47. The molecule has 0 unspecified atom stereocenters. The number of aromatic carboxylic acids is 1. The molecule has 0 atom stereocenters. The summed E-state index contributed by atoms with van der Waals surface area (Å²) < 4.78 is 0. The van der Waals surface area contributed by atoms with Crippen molar-refractivity contribution in [1.29, 1.82) is 0 Å². The Labute approximate surface area is 121 Å². The van der Waals surface area contributed by atoms with Gasteiger partial charge in [0.15, 0.2) is 0 Å². The lowest BCUT2D eigenvalue weighted by Gasteiger charge is -2.18. The van der Waals surface area contributed by atoms with Crippen LogP contribution in [0.5, 0.6) is 5.75 Å². The first-order valence-electron chi connectivity index (χ1n) is 6.14. The van der Waals surface area contributed by atoms with Gasteiger partial charge in [-0.1, -0.05) is 0 Å². The SMILES string of the molecule is CN(C(=O)Nc1ccc(C(=O)O)cc1)c1ccc(O)cc1. The van der Waals surface area contributed by atoms with Crippen LogP contribution in [0.3, 0.4) is 0 Å². The summed E-state index contributed by atoms with van der Waals surface area (Å²) in [6.45, 7) is 0. The van der Waals surface area contributed by atoms with E-state index in [9.17, 15) is 14.7 Å². The second-order valence-corrected chi connectivity index (χ2v) is 4.39. The molecule has 0 saturated heterocycles. The number of hydrogen-bond acceptors (Lipinski definition) is 3. The van der Waals surface area contributed by atoms with Gasteiger partial charge in [-0.3, -0.25) is 4.90 Å². The topological polar surface area (TPSA) is 89.9 Å². The number of nitrogens with zero attached hydrogens (tertiary/aromatic N) is 1. The van der Waals surface area contributed by atoms with Crippen molar-refractivity contribution < 1.29 is 19.8 Å². The van der Waals surface area contributed by atoms with E-state index in [0.29, 0.717) is 11.4 Å². The van der Waals surface area contributed by atoms with Crippen LogP contribution in [-0.2, 0) is 0 Å². The molecular formula is C15H14N2O4. The van der Waals surface area contributed by atoms with Gasteiger partial charge in [-0.2, -0.15) is 0 Å². The van der Waals surface area contributed by atoms with Crippen LogP contribution < -0.4 is 10.2 Å². The molecule has 2 aromatic rings. The minimum atomic E-state index is -1.02. The van der Waals surface area contributed by atoms with E-state index in [4.69, 9.17) is 5.11 Å². The molecule has 0 heterocycles. The maximum Gasteiger partial charge on any atom is 0.335 e. The lowest BCUT2D eigenvalue weighted by atomic mass is 10.2. The molecule has 0 bridgehead atoms. The third kappa shape index (κ3) is 3.50. The van der Waals surface area contributed by atoms with Gasteiger partial charge in [0, 0.05) is 18.4 Å². The van der Waals surface area contributed by atoms with Crippen molar-refractivity contribution in [1.82, 2.24) is 0 Å². The Morgan fingerprint density at radius 2 is 1.57 bits per heavy atom. The minimum absolute atomic E-state index is 0.122. The molecule has 0 fully saturated rings. The Bertz CT molecular complexity index is 650. The van der Waals surface area contributed by atoms with Crippen LogP contribution in [0.1, 0.15) is 10.4 Å². The molecule has 2 aromatic carbocycles. The number of rotatable bonds is 3. The van der Waals surface area contributed by atoms with Crippen LogP contribution >= 0.6 is 0 Å². The molecule has 0 aliphatic carbocycles. The number of carbonyl (C=O) groups is 2. The monoisotopic (exact) mass is 286 g/mol. The van der Waals surface area contributed by atoms with E-state index < -0.39 is 5.97 Å². The van der Waals surface area contributed by atoms with Crippen molar-refractivity contribution in [2.75, 3.05) is 17.3 Å². The molecule has 2 rings (SSSR count). The molecule has 0 aliphatic rings. The number of benzene rings is 2. The van der Waals surface area contributed by atoms with Crippen LogP contribution in [-0.4, -0.2) is 29.3 Å². The van der Waals surface area contributed by atoms with Gasteiger partial charge in [-0.25, -0.2) is 9.59 Å². The van der Waals surface area contributed by atoms with E-state index in [0.717, 1.165) is 0 Å². The molecule has 0 saturated carbocycles. The summed E-state index contributed by atoms with van der Waals surface area (Å²) in [5.41, 5.74) is 1.27. The second-order valence-electron chi connectivity index (χ2n) is 4.39. The number of phenols is 1. The van der Waals surface area contributed by atoms with Crippen molar-refractivity contribution in [3.05, 3.63) is 54.1 Å². The molecule has 3 N–H and O–H groups in total. The molecule has 0 spiro atoms. The molecule has 6 nitrogen and oxygen atoms in total. The zero-order chi connectivity index (χ0) is 15.4. The Morgan fingerprint density at radius 1 is 1.00 bits per heavy atom. The van der Waals surface area contributed by atoms with Gasteiger partial charge in [0.2, 0.25) is 0 Å². The van der Waals surface area contributed by atoms with Gasteiger partial charge >= 0.3 is 12.0 Å². The van der Waals surface area contributed by atoms with Crippen LogP contribution in [0, 0.1) is 0 Å². The van der Waals surface area contributed by atoms with Crippen molar-refractivity contribution in [3.8, 4) is 5.75 Å². The number of nitrogens with one attached hydrogen (secondary N) is 1. The highest BCUT2D eigenvalue weighted by Gasteiger charge is 2.11. The number of carboxylic acids is 1. The molecular weight excluding hydrogens is 272 g/mol. The minimum Gasteiger partial charge on any atom is -0.508 e. The summed E-state index contributed by atoms with van der Waals surface area (Å²) >= 11 is 0. The zero-order valence-corrected chi connectivity index (χ0v) is 11.3. The fourth-order valence-electron chi connectivity index (χ4n) is 1.70. The van der Waals surface area contributed by atoms with E-state index >= 15 is 0 Å². The highest BCUT2D eigenvalue weighted by molar-refractivity contribution is 6.01. The number of amides is 2. The van der Waals surface area contributed by atoms with Gasteiger partial charge in [0.05, 0.1) is 5.56 Å². The van der Waals surface area contributed by atoms with Gasteiger partial charge in [-0.15, -0.1) is 0 Å². The third-order valence-electron chi connectivity index (χ3n) is 2.92. The summed E-state index contributed by atoms with van der Waals surface area (Å²) in [5, 5.41) is 20.7. The zero-order valence-electron chi connectivity index (χ0n) is 11.3. The number of urea groups is 1. The lowest BCUT2D eigenvalue weighted by Crippen LogP contribution is -2.31. The Morgan fingerprint density at radius 3 is 2.10 bits per heavy atom. The number of hydrogen-bond donors (Lipinski definition) is 3. The Balaban J connectivity index is 2.06. The van der Waals surface area contributed by atoms with Crippen molar-refractivity contribution in [3.63, 3.8) is 0 Å². The van der Waals surface area contributed by atoms with Gasteiger partial charge < -0.3 is 15.5 Å². The predicted octanol–water partition coefficient (Wildman–Crippen LogP) is 2.76. The van der Waals surface area contributed by atoms with Gasteiger partial charge in [-0.05, 0) is 48.5 Å². The highest BCUT2D eigenvalue weighted by atomic mass is 16.4. The summed E-state index contributed by atoms with van der Waals surface area (Å²) in [5.74, 6) is -0.897. The molecule has 108 valence electrons. The number of carbonyl (C=O) groups excluding carboxylic acids is 1. The third-order valence-corrected chi connectivity index (χ3v) is 2.92. The van der Waals surface area contributed by atoms with Crippen molar-refractivity contribution in [2.45, 2.75) is 0 Å². The first-order valence-corrected chi connectivity index (χ1v) is 6.14. The normalized spacial score (nSPS) is 9.95. The molecule has 2 amide bonds. The van der Waals surface area contributed by atoms with Crippen LogP contribution in [0.2, 0.25) is 0 Å². The van der Waals surface area contributed by atoms with Crippen molar-refractivity contribution >= 4 is 23.4 Å². The van der Waals surface area contributed by atoms with Crippen LogP contribution in [0.15, 0.2) is 48.5 Å².